The number of aromatic nitrogens is 1. The summed E-state index contributed by atoms with van der Waals surface area (Å²) in [5, 5.41) is 4.41. The van der Waals surface area contributed by atoms with Crippen LogP contribution in [-0.4, -0.2) is 24.7 Å². The van der Waals surface area contributed by atoms with E-state index in [-0.39, 0.29) is 0 Å². The lowest BCUT2D eigenvalue weighted by molar-refractivity contribution is 0.279. The molecule has 0 aliphatic heterocycles. The predicted molar refractivity (Wildman–Crippen MR) is 86.3 cm³/mol. The lowest BCUT2D eigenvalue weighted by Crippen LogP contribution is -2.10. The number of thiazole rings is 1. The van der Waals surface area contributed by atoms with E-state index < -0.39 is 0 Å². The van der Waals surface area contributed by atoms with Gasteiger partial charge in [0.15, 0.2) is 11.5 Å². The van der Waals surface area contributed by atoms with Gasteiger partial charge in [0, 0.05) is 24.0 Å². The number of nitrogens with zero attached hydrogens (tertiary/aromatic N) is 1. The highest BCUT2D eigenvalue weighted by Crippen LogP contribution is 2.26. The van der Waals surface area contributed by atoms with Crippen LogP contribution in [0.2, 0.25) is 0 Å². The minimum absolute atomic E-state index is 0.609. The van der Waals surface area contributed by atoms with Crippen molar-refractivity contribution < 1.29 is 9.47 Å². The highest BCUT2D eigenvalue weighted by atomic mass is 32.1. The second-order valence-corrected chi connectivity index (χ2v) is 5.68. The Morgan fingerprint density at radius 2 is 1.90 bits per heavy atom. The Balaban J connectivity index is 1.82. The molecule has 0 spiro atoms. The predicted octanol–water partition coefficient (Wildman–Crippen LogP) is 3.27. The Morgan fingerprint density at radius 3 is 2.62 bits per heavy atom. The van der Waals surface area contributed by atoms with Crippen LogP contribution in [0.3, 0.4) is 0 Å². The van der Waals surface area contributed by atoms with E-state index in [1.807, 2.05) is 37.4 Å². The summed E-state index contributed by atoms with van der Waals surface area (Å²) in [5.41, 5.74) is 0. The van der Waals surface area contributed by atoms with Crippen LogP contribution < -0.4 is 14.8 Å². The van der Waals surface area contributed by atoms with Crippen molar-refractivity contribution in [3.63, 3.8) is 0 Å². The van der Waals surface area contributed by atoms with Gasteiger partial charge in [-0.1, -0.05) is 19.1 Å². The zero-order chi connectivity index (χ0) is 14.9. The van der Waals surface area contributed by atoms with Crippen molar-refractivity contribution >= 4 is 11.3 Å². The normalized spacial score (nSPS) is 10.6. The van der Waals surface area contributed by atoms with E-state index in [0.29, 0.717) is 13.2 Å². The van der Waals surface area contributed by atoms with E-state index in [0.717, 1.165) is 36.0 Å². The minimum Gasteiger partial charge on any atom is -0.490 e. The highest BCUT2D eigenvalue weighted by molar-refractivity contribution is 7.11. The first-order chi connectivity index (χ1) is 10.3. The maximum absolute atomic E-state index is 5.81. The molecular formula is C16H22N2O2S. The second kappa shape index (κ2) is 8.64. The average Bonchev–Trinajstić information content (AvgIpc) is 2.95. The van der Waals surface area contributed by atoms with E-state index >= 15 is 0 Å². The lowest BCUT2D eigenvalue weighted by Gasteiger charge is -2.10. The van der Waals surface area contributed by atoms with Gasteiger partial charge in [-0.25, -0.2) is 4.98 Å². The number of hydrogen-bond donors (Lipinski definition) is 1. The summed E-state index contributed by atoms with van der Waals surface area (Å²) in [5.74, 6) is 1.59. The molecule has 0 aliphatic carbocycles. The number of benzene rings is 1. The van der Waals surface area contributed by atoms with E-state index in [9.17, 15) is 0 Å². The molecule has 0 amide bonds. The van der Waals surface area contributed by atoms with Crippen LogP contribution in [0, 0.1) is 0 Å². The molecule has 0 unspecified atom stereocenters. The molecule has 1 aromatic carbocycles. The first kappa shape index (κ1) is 15.8. The summed E-state index contributed by atoms with van der Waals surface area (Å²) in [4.78, 5) is 5.69. The standard InChI is InChI=1S/C16H22N2O2S/c1-3-17-11-13-12-18-16(21-13)9-10-20-15-8-6-5-7-14(15)19-4-2/h5-8,12,17H,3-4,9-11H2,1-2H3. The van der Waals surface area contributed by atoms with E-state index in [2.05, 4.69) is 17.2 Å². The largest absolute Gasteiger partial charge is 0.490 e. The Bertz CT molecular complexity index is 543. The van der Waals surface area contributed by atoms with Gasteiger partial charge in [0.2, 0.25) is 0 Å². The van der Waals surface area contributed by atoms with Gasteiger partial charge < -0.3 is 14.8 Å². The summed E-state index contributed by atoms with van der Waals surface area (Å²) >= 11 is 1.74. The van der Waals surface area contributed by atoms with Gasteiger partial charge in [0.1, 0.15) is 0 Å². The van der Waals surface area contributed by atoms with E-state index in [1.165, 1.54) is 4.88 Å². The van der Waals surface area contributed by atoms with Crippen LogP contribution in [0.25, 0.3) is 0 Å². The van der Waals surface area contributed by atoms with Crippen molar-refractivity contribution in [3.05, 3.63) is 40.3 Å². The molecule has 1 heterocycles. The van der Waals surface area contributed by atoms with Crippen LogP contribution in [0.15, 0.2) is 30.5 Å². The molecule has 21 heavy (non-hydrogen) atoms. The summed E-state index contributed by atoms with van der Waals surface area (Å²) in [7, 11) is 0. The molecule has 0 bridgehead atoms. The molecule has 2 aromatic rings. The van der Waals surface area contributed by atoms with Gasteiger partial charge in [-0.15, -0.1) is 11.3 Å². The second-order valence-electron chi connectivity index (χ2n) is 4.48. The van der Waals surface area contributed by atoms with E-state index in [4.69, 9.17) is 9.47 Å². The molecule has 0 fully saturated rings. The Kier molecular flexibility index (Phi) is 6.50. The lowest BCUT2D eigenvalue weighted by atomic mass is 10.3. The molecule has 1 N–H and O–H groups in total. The van der Waals surface area contributed by atoms with Crippen molar-refractivity contribution in [2.24, 2.45) is 0 Å². The van der Waals surface area contributed by atoms with Crippen molar-refractivity contribution in [1.82, 2.24) is 10.3 Å². The zero-order valence-electron chi connectivity index (χ0n) is 12.6. The third-order valence-corrected chi connectivity index (χ3v) is 3.93. The van der Waals surface area contributed by atoms with Crippen LogP contribution in [0.4, 0.5) is 0 Å². The third-order valence-electron chi connectivity index (χ3n) is 2.87. The molecule has 0 radical (unpaired) electrons. The quantitative estimate of drug-likeness (QED) is 0.772. The summed E-state index contributed by atoms with van der Waals surface area (Å²) in [6.07, 6.45) is 2.76. The maximum Gasteiger partial charge on any atom is 0.161 e. The number of nitrogens with one attached hydrogen (secondary N) is 1. The molecule has 4 nitrogen and oxygen atoms in total. The summed E-state index contributed by atoms with van der Waals surface area (Å²) < 4.78 is 11.4. The number of hydrogen-bond acceptors (Lipinski definition) is 5. The molecular weight excluding hydrogens is 284 g/mol. The molecule has 114 valence electrons. The summed E-state index contributed by atoms with van der Waals surface area (Å²) in [6, 6.07) is 7.77. The molecule has 0 atom stereocenters. The van der Waals surface area contributed by atoms with E-state index in [1.54, 1.807) is 11.3 Å². The van der Waals surface area contributed by atoms with Gasteiger partial charge >= 0.3 is 0 Å². The van der Waals surface area contributed by atoms with Crippen molar-refractivity contribution in [3.8, 4) is 11.5 Å². The molecule has 5 heteroatoms. The van der Waals surface area contributed by atoms with Crippen LogP contribution >= 0.6 is 11.3 Å². The van der Waals surface area contributed by atoms with Crippen molar-refractivity contribution in [1.29, 1.82) is 0 Å². The molecule has 0 saturated carbocycles. The van der Waals surface area contributed by atoms with Crippen molar-refractivity contribution in [2.45, 2.75) is 26.8 Å². The van der Waals surface area contributed by atoms with Gasteiger partial charge in [-0.3, -0.25) is 0 Å². The fourth-order valence-corrected chi connectivity index (χ4v) is 2.76. The molecule has 0 saturated heterocycles. The van der Waals surface area contributed by atoms with Gasteiger partial charge in [-0.2, -0.15) is 0 Å². The van der Waals surface area contributed by atoms with Gasteiger partial charge in [0.25, 0.3) is 0 Å². The van der Waals surface area contributed by atoms with Crippen LogP contribution in [-0.2, 0) is 13.0 Å². The maximum atomic E-state index is 5.81. The monoisotopic (exact) mass is 306 g/mol. The topological polar surface area (TPSA) is 43.4 Å². The molecule has 2 rings (SSSR count). The van der Waals surface area contributed by atoms with Crippen LogP contribution in [0.1, 0.15) is 23.7 Å². The molecule has 0 aliphatic rings. The molecule has 1 aromatic heterocycles. The number of ether oxygens (including phenoxy) is 2. The average molecular weight is 306 g/mol. The first-order valence-electron chi connectivity index (χ1n) is 7.32. The SMILES string of the molecule is CCNCc1cnc(CCOc2ccccc2OCC)s1. The van der Waals surface area contributed by atoms with Crippen molar-refractivity contribution in [2.75, 3.05) is 19.8 Å². The Morgan fingerprint density at radius 1 is 1.14 bits per heavy atom. The number of rotatable bonds is 9. The Hall–Kier alpha value is -1.59. The zero-order valence-corrected chi connectivity index (χ0v) is 13.4. The minimum atomic E-state index is 0.609. The fourth-order valence-electron chi connectivity index (χ4n) is 1.89. The smallest absolute Gasteiger partial charge is 0.161 e. The first-order valence-corrected chi connectivity index (χ1v) is 8.14. The highest BCUT2D eigenvalue weighted by Gasteiger charge is 2.05. The summed E-state index contributed by atoms with van der Waals surface area (Å²) in [6.45, 7) is 7.19. The van der Waals surface area contributed by atoms with Crippen LogP contribution in [0.5, 0.6) is 11.5 Å². The van der Waals surface area contributed by atoms with Gasteiger partial charge in [-0.05, 0) is 25.6 Å². The Labute approximate surface area is 130 Å². The van der Waals surface area contributed by atoms with Gasteiger partial charge in [0.05, 0.1) is 18.2 Å². The number of para-hydroxylation sites is 2. The third kappa shape index (κ3) is 5.02. The fraction of sp³-hybridized carbons (Fsp3) is 0.438.